The lowest BCUT2D eigenvalue weighted by atomic mass is 9.98. The zero-order chi connectivity index (χ0) is 22.1. The minimum absolute atomic E-state index is 0.357. The molecule has 0 aliphatic carbocycles. The first kappa shape index (κ1) is 23.0. The summed E-state index contributed by atoms with van der Waals surface area (Å²) < 4.78 is 11.7. The molecule has 3 aromatic rings. The van der Waals surface area contributed by atoms with Crippen molar-refractivity contribution < 1.29 is 19.4 Å². The average molecular weight is 499 g/mol. The highest BCUT2D eigenvalue weighted by molar-refractivity contribution is 9.10. The normalized spacial score (nSPS) is 11.2. The second kappa shape index (κ2) is 11.6. The molecule has 0 heterocycles. The van der Waals surface area contributed by atoms with Crippen LogP contribution in [0.4, 0.5) is 0 Å². The van der Waals surface area contributed by atoms with Gasteiger partial charge in [0.05, 0.1) is 6.61 Å². The number of hydrogen-bond donors (Lipinski definition) is 1. The zero-order valence-corrected chi connectivity index (χ0v) is 19.5. The largest absolute Gasteiger partial charge is 0.494 e. The zero-order valence-electron chi connectivity index (χ0n) is 17.1. The Bertz CT molecular complexity index is 1030. The first-order valence-corrected chi connectivity index (χ1v) is 11.6. The monoisotopic (exact) mass is 498 g/mol. The Balaban J connectivity index is 1.76. The molecule has 160 valence electrons. The molecule has 0 saturated carbocycles. The van der Waals surface area contributed by atoms with Gasteiger partial charge in [0.1, 0.15) is 11.5 Å². The lowest BCUT2D eigenvalue weighted by molar-refractivity contribution is -0.139. The van der Waals surface area contributed by atoms with Gasteiger partial charge >= 0.3 is 5.97 Å². The fourth-order valence-electron chi connectivity index (χ4n) is 2.97. The van der Waals surface area contributed by atoms with Crippen LogP contribution in [0.25, 0.3) is 5.57 Å². The molecule has 4 nitrogen and oxygen atoms in total. The standard InChI is InChI=1S/C25H23BrO4S/c1-2-29-20-10-8-19(9-11-20)22(18-6-4-3-5-7-18)14-15-31-24-13-12-21(16-23(24)26)30-17-25(27)28/h3-14,16H,2,15,17H2,1H3,(H,27,28). The maximum Gasteiger partial charge on any atom is 0.341 e. The van der Waals surface area contributed by atoms with E-state index < -0.39 is 5.97 Å². The number of aliphatic carboxylic acids is 1. The molecule has 0 amide bonds. The molecule has 0 bridgehead atoms. The summed E-state index contributed by atoms with van der Waals surface area (Å²) in [5, 5.41) is 8.74. The van der Waals surface area contributed by atoms with Gasteiger partial charge in [0, 0.05) is 15.1 Å². The molecule has 0 fully saturated rings. The number of rotatable bonds is 10. The van der Waals surface area contributed by atoms with Gasteiger partial charge in [-0.3, -0.25) is 0 Å². The molecule has 3 aromatic carbocycles. The highest BCUT2D eigenvalue weighted by atomic mass is 79.9. The Morgan fingerprint density at radius 1 is 0.968 bits per heavy atom. The molecular formula is C25H23BrO4S. The fraction of sp³-hybridized carbons (Fsp3) is 0.160. The summed E-state index contributed by atoms with van der Waals surface area (Å²) >= 11 is 5.24. The second-order valence-electron chi connectivity index (χ2n) is 6.53. The van der Waals surface area contributed by atoms with Crippen LogP contribution in [0, 0.1) is 0 Å². The molecule has 31 heavy (non-hydrogen) atoms. The van der Waals surface area contributed by atoms with Gasteiger partial charge in [-0.2, -0.15) is 0 Å². The van der Waals surface area contributed by atoms with E-state index >= 15 is 0 Å². The number of ether oxygens (including phenoxy) is 2. The molecule has 0 aliphatic rings. The van der Waals surface area contributed by atoms with E-state index in [1.54, 1.807) is 23.9 Å². The Morgan fingerprint density at radius 2 is 1.65 bits per heavy atom. The quantitative estimate of drug-likeness (QED) is 0.321. The smallest absolute Gasteiger partial charge is 0.341 e. The van der Waals surface area contributed by atoms with Crippen LogP contribution < -0.4 is 9.47 Å². The maximum absolute atomic E-state index is 10.7. The molecule has 0 aromatic heterocycles. The first-order valence-electron chi connectivity index (χ1n) is 9.82. The van der Waals surface area contributed by atoms with Crippen molar-refractivity contribution in [2.45, 2.75) is 11.8 Å². The van der Waals surface area contributed by atoms with E-state index in [1.165, 1.54) is 0 Å². The van der Waals surface area contributed by atoms with Gasteiger partial charge in [-0.25, -0.2) is 4.79 Å². The summed E-state index contributed by atoms with van der Waals surface area (Å²) in [6.07, 6.45) is 2.22. The number of carboxylic acids is 1. The summed E-state index contributed by atoms with van der Waals surface area (Å²) in [4.78, 5) is 11.7. The number of carboxylic acid groups (broad SMARTS) is 1. The SMILES string of the molecule is CCOc1ccc(C(=CCSc2ccc(OCC(=O)O)cc2Br)c2ccccc2)cc1. The van der Waals surface area contributed by atoms with E-state index in [0.29, 0.717) is 12.4 Å². The van der Waals surface area contributed by atoms with Gasteiger partial charge < -0.3 is 14.6 Å². The Labute approximate surface area is 195 Å². The van der Waals surface area contributed by atoms with Crippen molar-refractivity contribution in [3.05, 3.63) is 94.5 Å². The summed E-state index contributed by atoms with van der Waals surface area (Å²) in [5.74, 6) is 1.16. The van der Waals surface area contributed by atoms with E-state index in [9.17, 15) is 4.79 Å². The van der Waals surface area contributed by atoms with Gasteiger partial charge in [0.25, 0.3) is 0 Å². The van der Waals surface area contributed by atoms with E-state index in [0.717, 1.165) is 37.6 Å². The molecule has 3 rings (SSSR count). The molecule has 1 N–H and O–H groups in total. The summed E-state index contributed by atoms with van der Waals surface area (Å²) in [6, 6.07) is 24.0. The second-order valence-corrected chi connectivity index (χ2v) is 8.44. The predicted octanol–water partition coefficient (Wildman–Crippen LogP) is 6.54. The molecule has 0 atom stereocenters. The molecule has 0 spiro atoms. The van der Waals surface area contributed by atoms with Crippen LogP contribution in [0.2, 0.25) is 0 Å². The summed E-state index contributed by atoms with van der Waals surface area (Å²) in [5.41, 5.74) is 3.45. The van der Waals surface area contributed by atoms with Crippen LogP contribution in [-0.2, 0) is 4.79 Å². The van der Waals surface area contributed by atoms with Crippen LogP contribution >= 0.6 is 27.7 Å². The van der Waals surface area contributed by atoms with Gasteiger partial charge in [-0.15, -0.1) is 11.8 Å². The lowest BCUT2D eigenvalue weighted by Gasteiger charge is -2.11. The van der Waals surface area contributed by atoms with Crippen molar-refractivity contribution in [1.29, 1.82) is 0 Å². The minimum atomic E-state index is -0.998. The van der Waals surface area contributed by atoms with Crippen molar-refractivity contribution in [2.24, 2.45) is 0 Å². The predicted molar refractivity (Wildman–Crippen MR) is 129 cm³/mol. The maximum atomic E-state index is 10.7. The van der Waals surface area contributed by atoms with Gasteiger partial charge in [0.15, 0.2) is 6.61 Å². The molecule has 0 radical (unpaired) electrons. The Morgan fingerprint density at radius 3 is 2.29 bits per heavy atom. The molecule has 0 unspecified atom stereocenters. The van der Waals surface area contributed by atoms with Gasteiger partial charge in [-0.05, 0) is 69.9 Å². The topological polar surface area (TPSA) is 55.8 Å². The van der Waals surface area contributed by atoms with Crippen LogP contribution in [-0.4, -0.2) is 30.0 Å². The van der Waals surface area contributed by atoms with Crippen LogP contribution in [0.15, 0.2) is 88.2 Å². The van der Waals surface area contributed by atoms with E-state index in [2.05, 4.69) is 46.3 Å². The van der Waals surface area contributed by atoms with Crippen molar-refractivity contribution in [3.63, 3.8) is 0 Å². The minimum Gasteiger partial charge on any atom is -0.494 e. The van der Waals surface area contributed by atoms with Crippen LogP contribution in [0.1, 0.15) is 18.1 Å². The van der Waals surface area contributed by atoms with Crippen LogP contribution in [0.3, 0.4) is 0 Å². The Kier molecular flexibility index (Phi) is 8.62. The summed E-state index contributed by atoms with van der Waals surface area (Å²) in [7, 11) is 0. The first-order chi connectivity index (χ1) is 15.1. The van der Waals surface area contributed by atoms with E-state index in [-0.39, 0.29) is 6.61 Å². The van der Waals surface area contributed by atoms with Gasteiger partial charge in [0.2, 0.25) is 0 Å². The van der Waals surface area contributed by atoms with Crippen LogP contribution in [0.5, 0.6) is 11.5 Å². The van der Waals surface area contributed by atoms with E-state index in [4.69, 9.17) is 14.6 Å². The third-order valence-electron chi connectivity index (χ3n) is 4.35. The number of carbonyl (C=O) groups is 1. The number of hydrogen-bond acceptors (Lipinski definition) is 4. The lowest BCUT2D eigenvalue weighted by Crippen LogP contribution is -2.09. The Hall–Kier alpha value is -2.70. The third kappa shape index (κ3) is 6.91. The van der Waals surface area contributed by atoms with E-state index in [1.807, 2.05) is 43.3 Å². The highest BCUT2D eigenvalue weighted by Gasteiger charge is 2.08. The molecule has 6 heteroatoms. The number of benzene rings is 3. The van der Waals surface area contributed by atoms with Crippen molar-refractivity contribution in [2.75, 3.05) is 19.0 Å². The third-order valence-corrected chi connectivity index (χ3v) is 6.27. The fourth-order valence-corrected chi connectivity index (χ4v) is 4.46. The average Bonchev–Trinajstić information content (AvgIpc) is 2.78. The highest BCUT2D eigenvalue weighted by Crippen LogP contribution is 2.32. The molecule has 0 aliphatic heterocycles. The van der Waals surface area contributed by atoms with Gasteiger partial charge in [-0.1, -0.05) is 48.5 Å². The number of thioether (sulfide) groups is 1. The number of halogens is 1. The van der Waals surface area contributed by atoms with Crippen molar-refractivity contribution in [1.82, 2.24) is 0 Å². The summed E-state index contributed by atoms with van der Waals surface area (Å²) in [6.45, 7) is 2.26. The molecular weight excluding hydrogens is 476 g/mol. The van der Waals surface area contributed by atoms with Crippen molar-refractivity contribution in [3.8, 4) is 11.5 Å². The molecule has 0 saturated heterocycles. The van der Waals surface area contributed by atoms with Crippen molar-refractivity contribution >= 4 is 39.2 Å².